The van der Waals surface area contributed by atoms with Gasteiger partial charge < -0.3 is 5.73 Å². The summed E-state index contributed by atoms with van der Waals surface area (Å²) in [4.78, 5) is 1.42. The molecule has 0 saturated carbocycles. The van der Waals surface area contributed by atoms with Gasteiger partial charge in [0.25, 0.3) is 0 Å². The highest BCUT2D eigenvalue weighted by molar-refractivity contribution is 9.10. The van der Waals surface area contributed by atoms with Gasteiger partial charge in [-0.05, 0) is 42.6 Å². The molecule has 1 atom stereocenters. The molecule has 0 bridgehead atoms. The summed E-state index contributed by atoms with van der Waals surface area (Å²) in [6, 6.07) is 6.51. The average Bonchev–Trinajstić information content (AvgIpc) is 2.16. The lowest BCUT2D eigenvalue weighted by Crippen LogP contribution is -2.22. The Morgan fingerprint density at radius 2 is 2.38 bits per heavy atom. The maximum atomic E-state index is 5.67. The normalized spacial score (nSPS) is 21.2. The summed E-state index contributed by atoms with van der Waals surface area (Å²) in [5, 5.41) is 0. The summed E-state index contributed by atoms with van der Waals surface area (Å²) in [6.07, 6.45) is 1.14. The zero-order chi connectivity index (χ0) is 9.26. The number of hydrogen-bond acceptors (Lipinski definition) is 2. The lowest BCUT2D eigenvalue weighted by molar-refractivity contribution is 0.589. The summed E-state index contributed by atoms with van der Waals surface area (Å²) in [5.41, 5.74) is 7.12. The first-order chi connectivity index (χ1) is 6.29. The Hall–Kier alpha value is 0.01000. The van der Waals surface area contributed by atoms with Crippen LogP contribution in [0.25, 0.3) is 0 Å². The van der Waals surface area contributed by atoms with Gasteiger partial charge in [0.15, 0.2) is 0 Å². The molecule has 1 aromatic carbocycles. The molecule has 1 aliphatic heterocycles. The first-order valence-corrected chi connectivity index (χ1v) is 6.18. The molecule has 13 heavy (non-hydrogen) atoms. The number of hydrogen-bond donors (Lipinski definition) is 1. The fourth-order valence-electron chi connectivity index (χ4n) is 1.58. The van der Waals surface area contributed by atoms with Crippen LogP contribution >= 0.6 is 27.7 Å². The van der Waals surface area contributed by atoms with E-state index in [9.17, 15) is 0 Å². The van der Waals surface area contributed by atoms with E-state index >= 15 is 0 Å². The van der Waals surface area contributed by atoms with Gasteiger partial charge in [-0.25, -0.2) is 0 Å². The van der Waals surface area contributed by atoms with Gasteiger partial charge in [-0.15, -0.1) is 11.8 Å². The van der Waals surface area contributed by atoms with Crippen molar-refractivity contribution in [2.24, 2.45) is 11.7 Å². The molecule has 0 fully saturated rings. The highest BCUT2D eigenvalue weighted by Gasteiger charge is 2.17. The van der Waals surface area contributed by atoms with Gasteiger partial charge in [0.1, 0.15) is 0 Å². The van der Waals surface area contributed by atoms with Gasteiger partial charge in [0.05, 0.1) is 0 Å². The molecule has 1 aliphatic rings. The molecule has 0 spiro atoms. The Kier molecular flexibility index (Phi) is 2.96. The van der Waals surface area contributed by atoms with Crippen molar-refractivity contribution in [3.05, 3.63) is 28.2 Å². The largest absolute Gasteiger partial charge is 0.330 e. The topological polar surface area (TPSA) is 26.0 Å². The van der Waals surface area contributed by atoms with Crippen LogP contribution in [0, 0.1) is 5.92 Å². The van der Waals surface area contributed by atoms with Gasteiger partial charge in [-0.2, -0.15) is 0 Å². The fraction of sp³-hybridized carbons (Fsp3) is 0.400. The molecule has 1 nitrogen and oxygen atoms in total. The standard InChI is InChI=1S/C10H12BrNS/c11-9-1-2-10-8(4-9)3-7(5-12)6-13-10/h1-2,4,7H,3,5-6,12H2. The van der Waals surface area contributed by atoms with Crippen molar-refractivity contribution >= 4 is 27.7 Å². The van der Waals surface area contributed by atoms with E-state index in [-0.39, 0.29) is 0 Å². The number of rotatable bonds is 1. The van der Waals surface area contributed by atoms with E-state index in [0.29, 0.717) is 5.92 Å². The number of thioether (sulfide) groups is 1. The van der Waals surface area contributed by atoms with Crippen LogP contribution in [-0.4, -0.2) is 12.3 Å². The van der Waals surface area contributed by atoms with Crippen molar-refractivity contribution in [2.45, 2.75) is 11.3 Å². The Balaban J connectivity index is 2.27. The first kappa shape index (κ1) is 9.56. The van der Waals surface area contributed by atoms with Crippen molar-refractivity contribution in [3.63, 3.8) is 0 Å². The summed E-state index contributed by atoms with van der Waals surface area (Å²) in [6.45, 7) is 0.805. The van der Waals surface area contributed by atoms with Crippen LogP contribution in [0.5, 0.6) is 0 Å². The average molecular weight is 258 g/mol. The smallest absolute Gasteiger partial charge is 0.0178 e. The van der Waals surface area contributed by atoms with Crippen LogP contribution in [0.3, 0.4) is 0 Å². The number of halogens is 1. The second-order valence-corrected chi connectivity index (χ2v) is 5.35. The molecule has 2 rings (SSSR count). The van der Waals surface area contributed by atoms with Crippen molar-refractivity contribution in [2.75, 3.05) is 12.3 Å². The minimum absolute atomic E-state index is 0.659. The molecular formula is C10H12BrNS. The van der Waals surface area contributed by atoms with Crippen molar-refractivity contribution in [1.29, 1.82) is 0 Å². The number of nitrogens with two attached hydrogens (primary N) is 1. The van der Waals surface area contributed by atoms with Crippen molar-refractivity contribution in [1.82, 2.24) is 0 Å². The highest BCUT2D eigenvalue weighted by Crippen LogP contribution is 2.33. The second kappa shape index (κ2) is 4.03. The Morgan fingerprint density at radius 1 is 1.54 bits per heavy atom. The van der Waals surface area contributed by atoms with Gasteiger partial charge in [-0.1, -0.05) is 15.9 Å². The Labute approximate surface area is 91.2 Å². The van der Waals surface area contributed by atoms with Crippen LogP contribution in [0.2, 0.25) is 0 Å². The molecule has 0 amide bonds. The molecule has 2 N–H and O–H groups in total. The van der Waals surface area contributed by atoms with Crippen LogP contribution < -0.4 is 5.73 Å². The number of fused-ring (bicyclic) bond motifs is 1. The van der Waals surface area contributed by atoms with Crippen LogP contribution in [0.15, 0.2) is 27.6 Å². The zero-order valence-electron chi connectivity index (χ0n) is 7.29. The summed E-state index contributed by atoms with van der Waals surface area (Å²) in [5.74, 6) is 1.83. The van der Waals surface area contributed by atoms with E-state index in [2.05, 4.69) is 34.1 Å². The lowest BCUT2D eigenvalue weighted by atomic mass is 10.0. The predicted octanol–water partition coefficient (Wildman–Crippen LogP) is 2.67. The Bertz CT molecular complexity index is 314. The highest BCUT2D eigenvalue weighted by atomic mass is 79.9. The molecule has 1 heterocycles. The van der Waals surface area contributed by atoms with Crippen LogP contribution in [0.4, 0.5) is 0 Å². The van der Waals surface area contributed by atoms with Gasteiger partial charge in [0.2, 0.25) is 0 Å². The molecule has 70 valence electrons. The van der Waals surface area contributed by atoms with E-state index in [4.69, 9.17) is 5.73 Å². The molecule has 0 aliphatic carbocycles. The third-order valence-corrected chi connectivity index (χ3v) is 4.18. The SMILES string of the molecule is NCC1CSc2ccc(Br)cc2C1. The molecular weight excluding hydrogens is 246 g/mol. The third-order valence-electron chi connectivity index (χ3n) is 2.34. The third kappa shape index (κ3) is 2.09. The van der Waals surface area contributed by atoms with E-state index in [0.717, 1.165) is 13.0 Å². The van der Waals surface area contributed by atoms with E-state index < -0.39 is 0 Å². The van der Waals surface area contributed by atoms with Gasteiger partial charge >= 0.3 is 0 Å². The van der Waals surface area contributed by atoms with E-state index in [1.807, 2.05) is 11.8 Å². The quantitative estimate of drug-likeness (QED) is 0.838. The van der Waals surface area contributed by atoms with Gasteiger partial charge in [-0.3, -0.25) is 0 Å². The molecule has 0 saturated heterocycles. The summed E-state index contributed by atoms with van der Waals surface area (Å²) < 4.78 is 1.17. The monoisotopic (exact) mass is 257 g/mol. The zero-order valence-corrected chi connectivity index (χ0v) is 9.70. The first-order valence-electron chi connectivity index (χ1n) is 4.41. The van der Waals surface area contributed by atoms with Gasteiger partial charge in [0, 0.05) is 15.1 Å². The summed E-state index contributed by atoms with van der Waals surface area (Å²) in [7, 11) is 0. The van der Waals surface area contributed by atoms with Crippen LogP contribution in [-0.2, 0) is 6.42 Å². The van der Waals surface area contributed by atoms with Crippen molar-refractivity contribution < 1.29 is 0 Å². The fourth-order valence-corrected chi connectivity index (χ4v) is 3.15. The molecule has 3 heteroatoms. The maximum absolute atomic E-state index is 5.67. The van der Waals surface area contributed by atoms with E-state index in [1.54, 1.807) is 0 Å². The van der Waals surface area contributed by atoms with E-state index in [1.165, 1.54) is 20.7 Å². The molecule has 0 radical (unpaired) electrons. The maximum Gasteiger partial charge on any atom is 0.0178 e. The molecule has 1 aromatic rings. The minimum Gasteiger partial charge on any atom is -0.330 e. The molecule has 1 unspecified atom stereocenters. The van der Waals surface area contributed by atoms with Crippen LogP contribution in [0.1, 0.15) is 5.56 Å². The van der Waals surface area contributed by atoms with Crippen molar-refractivity contribution in [3.8, 4) is 0 Å². The number of benzene rings is 1. The Morgan fingerprint density at radius 3 is 3.15 bits per heavy atom. The minimum atomic E-state index is 0.659. The lowest BCUT2D eigenvalue weighted by Gasteiger charge is -2.22. The second-order valence-electron chi connectivity index (χ2n) is 3.37. The molecule has 0 aromatic heterocycles. The predicted molar refractivity (Wildman–Crippen MR) is 61.1 cm³/mol. The summed E-state index contributed by atoms with van der Waals surface area (Å²) >= 11 is 5.42.